The van der Waals surface area contributed by atoms with Crippen molar-refractivity contribution in [3.05, 3.63) is 96.2 Å². The molecule has 5 rings (SSSR count). The molecule has 0 atom stereocenters. The Labute approximate surface area is 170 Å². The predicted molar refractivity (Wildman–Crippen MR) is 119 cm³/mol. The standard InChI is InChI=1S/C25H24N4/c1-3-9-19(10-4-1)25(20-11-5-2-6-12-20)28-24-18-22(27-21-13-7-8-14-21)17-23-15-16-26-29(23)24/h1-6,9-12,15-18,21,27H,7-8,13-14H2. The van der Waals surface area contributed by atoms with Crippen LogP contribution in [0.5, 0.6) is 0 Å². The lowest BCUT2D eigenvalue weighted by Crippen LogP contribution is -2.14. The summed E-state index contributed by atoms with van der Waals surface area (Å²) in [4.78, 5) is 5.11. The maximum Gasteiger partial charge on any atom is 0.156 e. The van der Waals surface area contributed by atoms with Gasteiger partial charge >= 0.3 is 0 Å². The molecule has 144 valence electrons. The van der Waals surface area contributed by atoms with E-state index in [9.17, 15) is 0 Å². The van der Waals surface area contributed by atoms with Gasteiger partial charge in [0.05, 0.1) is 17.4 Å². The van der Waals surface area contributed by atoms with Crippen molar-refractivity contribution in [2.24, 2.45) is 4.99 Å². The molecule has 4 aromatic rings. The zero-order chi connectivity index (χ0) is 19.5. The molecule has 0 saturated heterocycles. The Morgan fingerprint density at radius 3 is 2.17 bits per heavy atom. The van der Waals surface area contributed by atoms with Crippen LogP contribution in [0.15, 0.2) is 90.1 Å². The lowest BCUT2D eigenvalue weighted by molar-refractivity contribution is 0.755. The van der Waals surface area contributed by atoms with Gasteiger partial charge in [0.15, 0.2) is 5.82 Å². The molecule has 0 spiro atoms. The summed E-state index contributed by atoms with van der Waals surface area (Å²) in [5.41, 5.74) is 5.29. The molecule has 0 bridgehead atoms. The Morgan fingerprint density at radius 1 is 0.862 bits per heavy atom. The number of hydrogen-bond acceptors (Lipinski definition) is 3. The molecule has 29 heavy (non-hydrogen) atoms. The smallest absolute Gasteiger partial charge is 0.156 e. The quantitative estimate of drug-likeness (QED) is 0.441. The van der Waals surface area contributed by atoms with Gasteiger partial charge in [-0.05, 0) is 25.0 Å². The average Bonchev–Trinajstić information content (AvgIpc) is 3.45. The molecule has 0 amide bonds. The zero-order valence-corrected chi connectivity index (χ0v) is 16.3. The lowest BCUT2D eigenvalue weighted by atomic mass is 10.0. The topological polar surface area (TPSA) is 41.7 Å². The molecule has 0 unspecified atom stereocenters. The number of nitrogens with one attached hydrogen (secondary N) is 1. The Hall–Kier alpha value is -3.40. The van der Waals surface area contributed by atoms with Crippen molar-refractivity contribution in [1.82, 2.24) is 9.61 Å². The number of benzene rings is 2. The summed E-state index contributed by atoms with van der Waals surface area (Å²) in [6.45, 7) is 0. The molecule has 2 aromatic carbocycles. The summed E-state index contributed by atoms with van der Waals surface area (Å²) in [6, 6.07) is 27.5. The first kappa shape index (κ1) is 17.7. The van der Waals surface area contributed by atoms with E-state index in [1.165, 1.54) is 25.7 Å². The third-order valence-corrected chi connectivity index (χ3v) is 5.52. The number of rotatable bonds is 5. The van der Waals surface area contributed by atoms with Crippen molar-refractivity contribution in [2.45, 2.75) is 31.7 Å². The molecule has 1 saturated carbocycles. The minimum atomic E-state index is 0.555. The van der Waals surface area contributed by atoms with E-state index < -0.39 is 0 Å². The molecule has 0 radical (unpaired) electrons. The highest BCUT2D eigenvalue weighted by Gasteiger charge is 2.16. The SMILES string of the molecule is c1ccc(C(=Nc2cc(NC3CCCC3)cc3ccnn23)c2ccccc2)cc1. The van der Waals surface area contributed by atoms with Crippen LogP contribution < -0.4 is 5.32 Å². The van der Waals surface area contributed by atoms with Gasteiger partial charge in [-0.15, -0.1) is 0 Å². The highest BCUT2D eigenvalue weighted by Crippen LogP contribution is 2.27. The number of anilines is 1. The third kappa shape index (κ3) is 3.79. The fourth-order valence-electron chi connectivity index (χ4n) is 4.09. The monoisotopic (exact) mass is 380 g/mol. The second kappa shape index (κ2) is 7.92. The van der Waals surface area contributed by atoms with E-state index in [-0.39, 0.29) is 0 Å². The molecule has 1 fully saturated rings. The number of fused-ring (bicyclic) bond motifs is 1. The van der Waals surface area contributed by atoms with E-state index >= 15 is 0 Å². The largest absolute Gasteiger partial charge is 0.382 e. The molecule has 2 aromatic heterocycles. The van der Waals surface area contributed by atoms with Gasteiger partial charge < -0.3 is 5.32 Å². The zero-order valence-electron chi connectivity index (χ0n) is 16.3. The molecular formula is C25H24N4. The summed E-state index contributed by atoms with van der Waals surface area (Å²) in [6.07, 6.45) is 6.93. The molecule has 1 N–H and O–H groups in total. The maximum atomic E-state index is 5.11. The number of hydrogen-bond donors (Lipinski definition) is 1. The van der Waals surface area contributed by atoms with Gasteiger partial charge in [0.1, 0.15) is 0 Å². The predicted octanol–water partition coefficient (Wildman–Crippen LogP) is 5.86. The first-order valence-electron chi connectivity index (χ1n) is 10.3. The van der Waals surface area contributed by atoms with Crippen LogP contribution in [0.1, 0.15) is 36.8 Å². The molecule has 1 aliphatic rings. The van der Waals surface area contributed by atoms with Crippen molar-refractivity contribution in [3.63, 3.8) is 0 Å². The van der Waals surface area contributed by atoms with Crippen LogP contribution in [0.25, 0.3) is 5.52 Å². The molecular weight excluding hydrogens is 356 g/mol. The summed E-state index contributed by atoms with van der Waals surface area (Å²) >= 11 is 0. The second-order valence-corrected chi connectivity index (χ2v) is 7.59. The number of pyridine rings is 1. The summed E-state index contributed by atoms with van der Waals surface area (Å²) in [5.74, 6) is 0.829. The fourth-order valence-corrected chi connectivity index (χ4v) is 4.09. The van der Waals surface area contributed by atoms with Gasteiger partial charge in [0, 0.05) is 28.9 Å². The fraction of sp³-hybridized carbons (Fsp3) is 0.200. The molecule has 2 heterocycles. The third-order valence-electron chi connectivity index (χ3n) is 5.52. The summed E-state index contributed by atoms with van der Waals surface area (Å²) in [5, 5.41) is 8.22. The molecule has 4 nitrogen and oxygen atoms in total. The van der Waals surface area contributed by atoms with Gasteiger partial charge in [-0.3, -0.25) is 0 Å². The Balaban J connectivity index is 1.63. The number of aromatic nitrogens is 2. The van der Waals surface area contributed by atoms with Crippen LogP contribution >= 0.6 is 0 Å². The summed E-state index contributed by atoms with van der Waals surface area (Å²) in [7, 11) is 0. The van der Waals surface area contributed by atoms with E-state index in [1.54, 1.807) is 0 Å². The van der Waals surface area contributed by atoms with E-state index in [2.05, 4.69) is 71.1 Å². The number of aliphatic imine (C=N–C) groups is 1. The van der Waals surface area contributed by atoms with Crippen LogP contribution in [0.4, 0.5) is 11.5 Å². The van der Waals surface area contributed by atoms with Crippen LogP contribution in [0.3, 0.4) is 0 Å². The normalized spacial score (nSPS) is 14.2. The van der Waals surface area contributed by atoms with Crippen molar-refractivity contribution < 1.29 is 0 Å². The minimum absolute atomic E-state index is 0.555. The highest BCUT2D eigenvalue weighted by molar-refractivity contribution is 6.13. The van der Waals surface area contributed by atoms with E-state index in [0.717, 1.165) is 33.9 Å². The van der Waals surface area contributed by atoms with E-state index in [0.29, 0.717) is 6.04 Å². The van der Waals surface area contributed by atoms with Crippen LogP contribution in [-0.2, 0) is 0 Å². The van der Waals surface area contributed by atoms with Gasteiger partial charge in [0.25, 0.3) is 0 Å². The van der Waals surface area contributed by atoms with Crippen molar-refractivity contribution in [3.8, 4) is 0 Å². The average molecular weight is 380 g/mol. The van der Waals surface area contributed by atoms with Gasteiger partial charge in [-0.1, -0.05) is 73.5 Å². The maximum absolute atomic E-state index is 5.11. The van der Waals surface area contributed by atoms with Crippen molar-refractivity contribution >= 4 is 22.7 Å². The van der Waals surface area contributed by atoms with E-state index in [4.69, 9.17) is 4.99 Å². The number of nitrogens with zero attached hydrogens (tertiary/aromatic N) is 3. The van der Waals surface area contributed by atoms with Gasteiger partial charge in [-0.2, -0.15) is 5.10 Å². The Kier molecular flexibility index (Phi) is 4.83. The second-order valence-electron chi connectivity index (χ2n) is 7.59. The molecule has 0 aliphatic heterocycles. The molecule has 4 heteroatoms. The lowest BCUT2D eigenvalue weighted by Gasteiger charge is -2.15. The summed E-state index contributed by atoms with van der Waals surface area (Å²) < 4.78 is 1.91. The van der Waals surface area contributed by atoms with Crippen LogP contribution in [0.2, 0.25) is 0 Å². The molecule has 1 aliphatic carbocycles. The van der Waals surface area contributed by atoms with Gasteiger partial charge in [-0.25, -0.2) is 9.51 Å². The van der Waals surface area contributed by atoms with Crippen molar-refractivity contribution in [2.75, 3.05) is 5.32 Å². The van der Waals surface area contributed by atoms with Crippen LogP contribution in [0, 0.1) is 0 Å². The first-order valence-corrected chi connectivity index (χ1v) is 10.3. The van der Waals surface area contributed by atoms with Crippen molar-refractivity contribution in [1.29, 1.82) is 0 Å². The highest BCUT2D eigenvalue weighted by atomic mass is 15.3. The first-order chi connectivity index (χ1) is 14.4. The Morgan fingerprint density at radius 2 is 1.52 bits per heavy atom. The Bertz CT molecular complexity index is 1080. The van der Waals surface area contributed by atoms with Crippen LogP contribution in [-0.4, -0.2) is 21.4 Å². The minimum Gasteiger partial charge on any atom is -0.382 e. The van der Waals surface area contributed by atoms with Gasteiger partial charge in [0.2, 0.25) is 0 Å². The van der Waals surface area contributed by atoms with E-state index in [1.807, 2.05) is 28.9 Å².